The molecule has 216 valence electrons. The van der Waals surface area contributed by atoms with E-state index in [1.807, 2.05) is 72.9 Å². The summed E-state index contributed by atoms with van der Waals surface area (Å²) in [6, 6.07) is 24.5. The molecule has 0 bridgehead atoms. The third-order valence-electron chi connectivity index (χ3n) is 7.32. The maximum atomic E-state index is 13.9. The number of nitrogens with zero attached hydrogens (tertiary/aromatic N) is 4. The number of benzene rings is 3. The summed E-state index contributed by atoms with van der Waals surface area (Å²) >= 11 is 0. The molecule has 9 nitrogen and oxygen atoms in total. The highest BCUT2D eigenvalue weighted by molar-refractivity contribution is 6.19. The lowest BCUT2D eigenvalue weighted by Gasteiger charge is -2.27. The van der Waals surface area contributed by atoms with Gasteiger partial charge in [0.1, 0.15) is 17.4 Å². The van der Waals surface area contributed by atoms with Gasteiger partial charge in [-0.05, 0) is 79.1 Å². The van der Waals surface area contributed by atoms with E-state index in [4.69, 9.17) is 19.3 Å². The van der Waals surface area contributed by atoms with Crippen LogP contribution in [-0.2, 0) is 16.0 Å². The van der Waals surface area contributed by atoms with Gasteiger partial charge in [-0.1, -0.05) is 24.3 Å². The highest BCUT2D eigenvalue weighted by atomic mass is 16.5. The van der Waals surface area contributed by atoms with Gasteiger partial charge in [0.25, 0.3) is 11.8 Å². The van der Waals surface area contributed by atoms with Gasteiger partial charge in [0.15, 0.2) is 11.5 Å². The Morgan fingerprint density at radius 1 is 0.884 bits per heavy atom. The number of carbonyl (C=O) groups is 2. The first-order valence-corrected chi connectivity index (χ1v) is 13.6. The monoisotopic (exact) mass is 574 g/mol. The maximum Gasteiger partial charge on any atom is 0.271 e. The molecule has 9 heteroatoms. The molecule has 2 amide bonds. The topological polar surface area (TPSA) is 107 Å². The molecule has 43 heavy (non-hydrogen) atoms. The first kappa shape index (κ1) is 28.9. The third-order valence-corrected chi connectivity index (χ3v) is 7.32. The van der Waals surface area contributed by atoms with Gasteiger partial charge in [-0.2, -0.15) is 10.4 Å². The second-order valence-electron chi connectivity index (χ2n) is 9.81. The molecule has 1 aliphatic rings. The first-order chi connectivity index (χ1) is 20.9. The van der Waals surface area contributed by atoms with E-state index in [-0.39, 0.29) is 17.7 Å². The van der Waals surface area contributed by atoms with Crippen molar-refractivity contribution in [2.24, 2.45) is 0 Å². The average molecular weight is 575 g/mol. The van der Waals surface area contributed by atoms with Crippen LogP contribution in [0.2, 0.25) is 0 Å². The zero-order chi connectivity index (χ0) is 30.5. The maximum absolute atomic E-state index is 13.9. The van der Waals surface area contributed by atoms with Crippen LogP contribution in [0, 0.1) is 11.3 Å². The van der Waals surface area contributed by atoms with Crippen LogP contribution in [0.5, 0.6) is 17.2 Å². The smallest absolute Gasteiger partial charge is 0.271 e. The van der Waals surface area contributed by atoms with E-state index >= 15 is 0 Å². The quantitative estimate of drug-likeness (QED) is 0.195. The van der Waals surface area contributed by atoms with Gasteiger partial charge in [-0.25, -0.2) is 4.68 Å². The van der Waals surface area contributed by atoms with Gasteiger partial charge in [0.2, 0.25) is 0 Å². The summed E-state index contributed by atoms with van der Waals surface area (Å²) in [5.74, 6) is 0.741. The number of hydrogen-bond donors (Lipinski definition) is 0. The summed E-state index contributed by atoms with van der Waals surface area (Å²) in [6.45, 7) is 1.71. The van der Waals surface area contributed by atoms with Crippen molar-refractivity contribution in [1.82, 2.24) is 14.7 Å². The van der Waals surface area contributed by atoms with E-state index in [1.165, 1.54) is 0 Å². The number of aromatic nitrogens is 2. The normalized spacial score (nSPS) is 14.2. The molecule has 4 aromatic rings. The van der Waals surface area contributed by atoms with Crippen LogP contribution in [0.4, 0.5) is 0 Å². The molecule has 2 heterocycles. The number of methoxy groups -OCH3 is 3. The van der Waals surface area contributed by atoms with Crippen LogP contribution in [0.1, 0.15) is 18.1 Å². The van der Waals surface area contributed by atoms with E-state index < -0.39 is 11.8 Å². The minimum atomic E-state index is -0.613. The van der Waals surface area contributed by atoms with Crippen LogP contribution in [0.25, 0.3) is 23.0 Å². The number of carbonyl (C=O) groups excluding carboxylic acids is 2. The van der Waals surface area contributed by atoms with Crippen LogP contribution < -0.4 is 14.2 Å². The van der Waals surface area contributed by atoms with Crippen molar-refractivity contribution in [3.8, 4) is 40.3 Å². The lowest BCUT2D eigenvalue weighted by atomic mass is 9.93. The Kier molecular flexibility index (Phi) is 8.39. The minimum Gasteiger partial charge on any atom is -0.497 e. The van der Waals surface area contributed by atoms with Crippen LogP contribution >= 0.6 is 0 Å². The Hall–Kier alpha value is -5.62. The molecule has 0 fully saturated rings. The summed E-state index contributed by atoms with van der Waals surface area (Å²) in [7, 11) is 4.70. The Morgan fingerprint density at radius 3 is 2.26 bits per heavy atom. The first-order valence-electron chi connectivity index (χ1n) is 13.6. The number of ether oxygens (including phenoxy) is 3. The standard InChI is InChI=1S/C34H30N4O5/c1-22-28(33(39)37(34(40)29(22)20-35)17-16-23-10-15-30(42-3)31(18-23)43-4)19-25-21-38(26-8-6-5-7-9-26)36-32(25)24-11-13-27(41-2)14-12-24/h5-15,18-19,21H,16-17H2,1-4H3/b28-19+. The molecule has 0 N–H and O–H groups in total. The summed E-state index contributed by atoms with van der Waals surface area (Å²) in [6.07, 6.45) is 3.90. The summed E-state index contributed by atoms with van der Waals surface area (Å²) in [5, 5.41) is 14.8. The summed E-state index contributed by atoms with van der Waals surface area (Å²) in [5.41, 5.74) is 4.30. The molecule has 1 aliphatic heterocycles. The fourth-order valence-electron chi connectivity index (χ4n) is 4.94. The summed E-state index contributed by atoms with van der Waals surface area (Å²) in [4.78, 5) is 28.3. The van der Waals surface area contributed by atoms with Crippen molar-refractivity contribution in [1.29, 1.82) is 5.26 Å². The highest BCUT2D eigenvalue weighted by Crippen LogP contribution is 2.32. The molecule has 0 saturated carbocycles. The molecule has 0 radical (unpaired) electrons. The minimum absolute atomic E-state index is 0.0698. The molecule has 0 aliphatic carbocycles. The molecule has 3 aromatic carbocycles. The highest BCUT2D eigenvalue weighted by Gasteiger charge is 2.35. The van der Waals surface area contributed by atoms with Crippen molar-refractivity contribution < 1.29 is 23.8 Å². The lowest BCUT2D eigenvalue weighted by molar-refractivity contribution is -0.140. The number of amides is 2. The average Bonchev–Trinajstić information content (AvgIpc) is 3.47. The van der Waals surface area contributed by atoms with Gasteiger partial charge in [0.05, 0.1) is 32.7 Å². The van der Waals surface area contributed by atoms with E-state index in [2.05, 4.69) is 0 Å². The Balaban J connectivity index is 1.55. The molecular formula is C34H30N4O5. The van der Waals surface area contributed by atoms with Gasteiger partial charge < -0.3 is 14.2 Å². The van der Waals surface area contributed by atoms with Gasteiger partial charge >= 0.3 is 0 Å². The number of nitriles is 1. The van der Waals surface area contributed by atoms with Gasteiger partial charge in [-0.3, -0.25) is 14.5 Å². The van der Waals surface area contributed by atoms with Gasteiger partial charge in [-0.15, -0.1) is 0 Å². The van der Waals surface area contributed by atoms with Crippen molar-refractivity contribution in [3.05, 3.63) is 107 Å². The van der Waals surface area contributed by atoms with Crippen molar-refractivity contribution in [3.63, 3.8) is 0 Å². The van der Waals surface area contributed by atoms with Crippen LogP contribution in [0.3, 0.4) is 0 Å². The predicted octanol–water partition coefficient (Wildman–Crippen LogP) is 5.40. The zero-order valence-electron chi connectivity index (χ0n) is 24.3. The molecular weight excluding hydrogens is 544 g/mol. The molecule has 5 rings (SSSR count). The molecule has 1 aromatic heterocycles. The third kappa shape index (κ3) is 5.76. The molecule has 0 spiro atoms. The Bertz CT molecular complexity index is 1780. The van der Waals surface area contributed by atoms with Gasteiger partial charge in [0, 0.05) is 29.4 Å². The zero-order valence-corrected chi connectivity index (χ0v) is 24.3. The van der Waals surface area contributed by atoms with E-state index in [9.17, 15) is 14.9 Å². The molecule has 0 saturated heterocycles. The fourth-order valence-corrected chi connectivity index (χ4v) is 4.94. The Morgan fingerprint density at radius 2 is 1.60 bits per heavy atom. The molecule has 0 unspecified atom stereocenters. The van der Waals surface area contributed by atoms with E-state index in [0.717, 1.165) is 21.7 Å². The predicted molar refractivity (Wildman–Crippen MR) is 162 cm³/mol. The summed E-state index contributed by atoms with van der Waals surface area (Å²) < 4.78 is 17.8. The number of rotatable bonds is 9. The largest absolute Gasteiger partial charge is 0.497 e. The lowest BCUT2D eigenvalue weighted by Crippen LogP contribution is -2.43. The van der Waals surface area contributed by atoms with Crippen LogP contribution in [-0.4, -0.2) is 54.4 Å². The fraction of sp³-hybridized carbons (Fsp3) is 0.176. The second kappa shape index (κ2) is 12.5. The second-order valence-corrected chi connectivity index (χ2v) is 9.81. The number of para-hydroxylation sites is 1. The van der Waals surface area contributed by atoms with Crippen molar-refractivity contribution in [2.45, 2.75) is 13.3 Å². The van der Waals surface area contributed by atoms with E-state index in [0.29, 0.717) is 40.5 Å². The molecule has 0 atom stereocenters. The van der Waals surface area contributed by atoms with E-state index in [1.54, 1.807) is 51.1 Å². The van der Waals surface area contributed by atoms with Crippen molar-refractivity contribution >= 4 is 17.9 Å². The number of hydrogen-bond acceptors (Lipinski definition) is 7. The SMILES string of the molecule is COc1ccc(-c2nn(-c3ccccc3)cc2/C=C2/C(=O)N(CCc3ccc(OC)c(OC)c3)C(=O)C(C#N)=C2C)cc1. The van der Waals surface area contributed by atoms with Crippen molar-refractivity contribution in [2.75, 3.05) is 27.9 Å². The number of imide groups is 1. The van der Waals surface area contributed by atoms with Crippen LogP contribution in [0.15, 0.2) is 95.7 Å². The Labute approximate surface area is 249 Å².